The van der Waals surface area contributed by atoms with E-state index >= 15 is 0 Å². The maximum atomic E-state index is 13.5. The minimum atomic E-state index is -4.79. The summed E-state index contributed by atoms with van der Waals surface area (Å²) >= 11 is 0. The first-order chi connectivity index (χ1) is 17.6. The van der Waals surface area contributed by atoms with Gasteiger partial charge in [0.15, 0.2) is 17.2 Å². The number of nitrogens with zero attached hydrogens (tertiary/aromatic N) is 6. The molecule has 196 valence electrons. The average Bonchev–Trinajstić information content (AvgIpc) is 3.50. The number of alkyl halides is 6. The van der Waals surface area contributed by atoms with Crippen molar-refractivity contribution in [3.63, 3.8) is 0 Å². The molecule has 1 aliphatic heterocycles. The number of ether oxygens (including phenoxy) is 2. The summed E-state index contributed by atoms with van der Waals surface area (Å²) in [7, 11) is 0. The predicted molar refractivity (Wildman–Crippen MR) is 117 cm³/mol. The number of hydrogen-bond donors (Lipinski definition) is 2. The smallest absolute Gasteiger partial charge is 0.406 e. The van der Waals surface area contributed by atoms with Crippen LogP contribution in [0.15, 0.2) is 36.7 Å². The molecule has 4 aromatic rings. The highest BCUT2D eigenvalue weighted by Gasteiger charge is 2.36. The normalized spacial score (nSPS) is 14.8. The van der Waals surface area contributed by atoms with Gasteiger partial charge in [-0.2, -0.15) is 18.2 Å². The Labute approximate surface area is 204 Å². The number of hydrogen-bond acceptors (Lipinski definition) is 8. The van der Waals surface area contributed by atoms with Gasteiger partial charge in [0, 0.05) is 13.1 Å². The highest BCUT2D eigenvalue weighted by atomic mass is 19.4. The molecule has 0 radical (unpaired) electrons. The second-order valence-electron chi connectivity index (χ2n) is 7.91. The van der Waals surface area contributed by atoms with Gasteiger partial charge in [0.2, 0.25) is 5.95 Å². The Morgan fingerprint density at radius 3 is 2.41 bits per heavy atom. The average molecular weight is 528 g/mol. The van der Waals surface area contributed by atoms with Crippen molar-refractivity contribution in [2.24, 2.45) is 0 Å². The van der Waals surface area contributed by atoms with Crippen molar-refractivity contribution in [3.8, 4) is 17.0 Å². The molecular weight excluding hydrogens is 510 g/mol. The van der Waals surface area contributed by atoms with Crippen LogP contribution in [-0.2, 0) is 17.5 Å². The lowest BCUT2D eigenvalue weighted by Crippen LogP contribution is -2.38. The van der Waals surface area contributed by atoms with Crippen molar-refractivity contribution in [1.82, 2.24) is 29.5 Å². The highest BCUT2D eigenvalue weighted by Crippen LogP contribution is 2.31. The van der Waals surface area contributed by atoms with Crippen LogP contribution in [0.25, 0.3) is 16.9 Å². The lowest BCUT2D eigenvalue weighted by Gasteiger charge is -2.27. The number of H-pyrrole nitrogens is 1. The zero-order valence-electron chi connectivity index (χ0n) is 18.8. The first-order valence-electron chi connectivity index (χ1n) is 10.9. The Morgan fingerprint density at radius 2 is 1.73 bits per heavy atom. The van der Waals surface area contributed by atoms with Crippen LogP contribution in [0.1, 0.15) is 11.5 Å². The Kier molecular flexibility index (Phi) is 6.26. The second kappa shape index (κ2) is 9.42. The summed E-state index contributed by atoms with van der Waals surface area (Å²) in [6.07, 6.45) is -7.31. The molecule has 1 aromatic carbocycles. The Morgan fingerprint density at radius 1 is 1.00 bits per heavy atom. The van der Waals surface area contributed by atoms with Crippen LogP contribution < -0.4 is 15.0 Å². The molecule has 3 aromatic heterocycles. The van der Waals surface area contributed by atoms with E-state index in [-0.39, 0.29) is 29.7 Å². The fourth-order valence-corrected chi connectivity index (χ4v) is 3.68. The Bertz CT molecular complexity index is 1380. The molecule has 0 spiro atoms. The predicted octanol–water partition coefficient (Wildman–Crippen LogP) is 3.88. The number of anilines is 2. The molecule has 0 amide bonds. The molecule has 4 heterocycles. The zero-order chi connectivity index (χ0) is 26.2. The van der Waals surface area contributed by atoms with Gasteiger partial charge in [0.05, 0.1) is 37.8 Å². The number of aromatic nitrogens is 6. The lowest BCUT2D eigenvalue weighted by atomic mass is 10.2. The van der Waals surface area contributed by atoms with Crippen molar-refractivity contribution in [2.45, 2.75) is 19.1 Å². The third-order valence-electron chi connectivity index (χ3n) is 5.39. The van der Waals surface area contributed by atoms with Crippen LogP contribution in [0.2, 0.25) is 0 Å². The lowest BCUT2D eigenvalue weighted by molar-refractivity contribution is -0.274. The van der Waals surface area contributed by atoms with Gasteiger partial charge >= 0.3 is 12.5 Å². The van der Waals surface area contributed by atoms with Gasteiger partial charge in [0.1, 0.15) is 11.6 Å². The van der Waals surface area contributed by atoms with Gasteiger partial charge in [-0.1, -0.05) is 0 Å². The fraction of sp³-hybridized carbons (Fsp3) is 0.333. The molecule has 37 heavy (non-hydrogen) atoms. The second-order valence-corrected chi connectivity index (χ2v) is 7.91. The molecule has 0 saturated carbocycles. The van der Waals surface area contributed by atoms with Crippen LogP contribution in [0.3, 0.4) is 0 Å². The monoisotopic (exact) mass is 528 g/mol. The molecule has 10 nitrogen and oxygen atoms in total. The number of rotatable bonds is 6. The Hall–Kier alpha value is -4.08. The standard InChI is InChI=1S/C21H18F6N8O2/c22-20(23,24)15-10-30-18-17(32-19(33-35(15)18)34-5-7-36-8-6-34)29-11-16-28-9-14(31-16)12-1-3-13(4-2-12)37-21(25,26)27/h1-4,9-10H,5-8,11H2,(H,28,31)(H,29,32,33). The summed E-state index contributed by atoms with van der Waals surface area (Å²) in [5.41, 5.74) is -0.0928. The molecule has 1 aliphatic rings. The first kappa shape index (κ1) is 24.6. The molecule has 0 aliphatic carbocycles. The van der Waals surface area contributed by atoms with Crippen LogP contribution in [0.4, 0.5) is 38.1 Å². The van der Waals surface area contributed by atoms with Gasteiger partial charge < -0.3 is 24.7 Å². The maximum absolute atomic E-state index is 13.5. The van der Waals surface area contributed by atoms with Crippen molar-refractivity contribution in [3.05, 3.63) is 48.2 Å². The molecule has 0 unspecified atom stereocenters. The Balaban J connectivity index is 1.37. The van der Waals surface area contributed by atoms with Crippen LogP contribution in [-0.4, -0.2) is 62.2 Å². The molecular formula is C21H18F6N8O2. The third-order valence-corrected chi connectivity index (χ3v) is 5.39. The van der Waals surface area contributed by atoms with E-state index in [0.29, 0.717) is 54.1 Å². The van der Waals surface area contributed by atoms with E-state index in [4.69, 9.17) is 4.74 Å². The van der Waals surface area contributed by atoms with Crippen LogP contribution in [0.5, 0.6) is 5.75 Å². The third kappa shape index (κ3) is 5.52. The molecule has 0 bridgehead atoms. The van der Waals surface area contributed by atoms with Gasteiger partial charge in [-0.05, 0) is 29.8 Å². The minimum Gasteiger partial charge on any atom is -0.406 e. The van der Waals surface area contributed by atoms with Crippen LogP contribution in [0, 0.1) is 0 Å². The maximum Gasteiger partial charge on any atom is 0.573 e. The minimum absolute atomic E-state index is 0.0404. The summed E-state index contributed by atoms with van der Waals surface area (Å²) in [6, 6.07) is 5.20. The topological polar surface area (TPSA) is 105 Å². The summed E-state index contributed by atoms with van der Waals surface area (Å²) in [5, 5.41) is 7.01. The van der Waals surface area contributed by atoms with E-state index in [9.17, 15) is 26.3 Å². The largest absolute Gasteiger partial charge is 0.573 e. The fourth-order valence-electron chi connectivity index (χ4n) is 3.68. The first-order valence-corrected chi connectivity index (χ1v) is 10.9. The van der Waals surface area contributed by atoms with E-state index in [1.165, 1.54) is 30.5 Å². The highest BCUT2D eigenvalue weighted by molar-refractivity contribution is 5.65. The van der Waals surface area contributed by atoms with Gasteiger partial charge in [-0.15, -0.1) is 18.3 Å². The number of fused-ring (bicyclic) bond motifs is 1. The van der Waals surface area contributed by atoms with Gasteiger partial charge in [-0.3, -0.25) is 0 Å². The molecule has 1 saturated heterocycles. The van der Waals surface area contributed by atoms with Crippen molar-refractivity contribution in [2.75, 3.05) is 36.5 Å². The van der Waals surface area contributed by atoms with Gasteiger partial charge in [-0.25, -0.2) is 14.5 Å². The van der Waals surface area contributed by atoms with E-state index in [1.54, 1.807) is 4.90 Å². The summed E-state index contributed by atoms with van der Waals surface area (Å²) < 4.78 is 87.5. The summed E-state index contributed by atoms with van der Waals surface area (Å²) in [5.74, 6) is 0.194. The number of nitrogens with one attached hydrogen (secondary N) is 2. The summed E-state index contributed by atoms with van der Waals surface area (Å²) in [6.45, 7) is 1.64. The number of benzene rings is 1. The van der Waals surface area contributed by atoms with Crippen molar-refractivity contribution >= 4 is 17.4 Å². The van der Waals surface area contributed by atoms with E-state index in [2.05, 4.69) is 35.1 Å². The number of aromatic amines is 1. The molecule has 5 rings (SSSR count). The summed E-state index contributed by atoms with van der Waals surface area (Å²) in [4.78, 5) is 17.2. The SMILES string of the molecule is FC(F)(F)Oc1ccc(-c2cnc(CNc3nc(N4CCOCC4)nn4c(C(F)(F)F)cnc34)[nH]2)cc1. The zero-order valence-corrected chi connectivity index (χ0v) is 18.8. The van der Waals surface area contributed by atoms with Crippen molar-refractivity contribution in [1.29, 1.82) is 0 Å². The quantitative estimate of drug-likeness (QED) is 0.364. The molecule has 2 N–H and O–H groups in total. The van der Waals surface area contributed by atoms with E-state index in [0.717, 1.165) is 0 Å². The molecule has 1 fully saturated rings. The molecule has 16 heteroatoms. The van der Waals surface area contributed by atoms with Gasteiger partial charge in [0.25, 0.3) is 0 Å². The van der Waals surface area contributed by atoms with Crippen LogP contribution >= 0.6 is 0 Å². The van der Waals surface area contributed by atoms with E-state index < -0.39 is 18.2 Å². The van der Waals surface area contributed by atoms with E-state index in [1.807, 2.05) is 0 Å². The molecule has 0 atom stereocenters. The number of morpholine rings is 1. The van der Waals surface area contributed by atoms with Crippen molar-refractivity contribution < 1.29 is 35.8 Å². The number of halogens is 6. The number of imidazole rings is 2.